The SMILES string of the molecule is COc1cc2c(C(=O)NCc3ccco3)c(C)n(C)c2cc1Br. The molecule has 1 amide bonds. The molecule has 5 nitrogen and oxygen atoms in total. The molecule has 0 atom stereocenters. The molecule has 23 heavy (non-hydrogen) atoms. The zero-order valence-corrected chi connectivity index (χ0v) is 14.7. The summed E-state index contributed by atoms with van der Waals surface area (Å²) in [5.74, 6) is 1.29. The molecule has 0 spiro atoms. The van der Waals surface area contributed by atoms with Crippen LogP contribution in [0.1, 0.15) is 21.8 Å². The lowest BCUT2D eigenvalue weighted by atomic mass is 10.1. The maximum absolute atomic E-state index is 12.7. The minimum Gasteiger partial charge on any atom is -0.496 e. The topological polar surface area (TPSA) is 56.4 Å². The van der Waals surface area contributed by atoms with Crippen LogP contribution in [0.4, 0.5) is 0 Å². The molecule has 2 aromatic heterocycles. The number of rotatable bonds is 4. The Morgan fingerprint density at radius 2 is 2.22 bits per heavy atom. The quantitative estimate of drug-likeness (QED) is 0.753. The van der Waals surface area contributed by atoms with Gasteiger partial charge in [0.2, 0.25) is 0 Å². The molecular weight excluding hydrogens is 360 g/mol. The summed E-state index contributed by atoms with van der Waals surface area (Å²) in [6.07, 6.45) is 1.59. The van der Waals surface area contributed by atoms with Gasteiger partial charge in [-0.3, -0.25) is 4.79 Å². The molecule has 6 heteroatoms. The lowest BCUT2D eigenvalue weighted by molar-refractivity contribution is 0.0949. The van der Waals surface area contributed by atoms with E-state index in [0.717, 1.165) is 26.8 Å². The summed E-state index contributed by atoms with van der Waals surface area (Å²) in [4.78, 5) is 12.7. The van der Waals surface area contributed by atoms with Crippen molar-refractivity contribution < 1.29 is 13.9 Å². The average Bonchev–Trinajstić information content (AvgIpc) is 3.13. The van der Waals surface area contributed by atoms with Gasteiger partial charge in [-0.05, 0) is 47.1 Å². The highest BCUT2D eigenvalue weighted by atomic mass is 79.9. The number of nitrogens with one attached hydrogen (secondary N) is 1. The zero-order chi connectivity index (χ0) is 16.6. The first kappa shape index (κ1) is 15.7. The van der Waals surface area contributed by atoms with Crippen LogP contribution in [0.25, 0.3) is 10.9 Å². The third kappa shape index (κ3) is 2.74. The van der Waals surface area contributed by atoms with Crippen molar-refractivity contribution in [2.24, 2.45) is 7.05 Å². The number of carbonyl (C=O) groups excluding carboxylic acids is 1. The number of furan rings is 1. The van der Waals surface area contributed by atoms with Crippen molar-refractivity contribution in [3.8, 4) is 5.75 Å². The fraction of sp³-hybridized carbons (Fsp3) is 0.235. The number of nitrogens with zero attached hydrogens (tertiary/aromatic N) is 1. The predicted octanol–water partition coefficient (Wildman–Crippen LogP) is 3.78. The summed E-state index contributed by atoms with van der Waals surface area (Å²) >= 11 is 3.49. The molecule has 0 aliphatic rings. The van der Waals surface area contributed by atoms with Crippen LogP contribution in [-0.2, 0) is 13.6 Å². The van der Waals surface area contributed by atoms with Gasteiger partial charge in [-0.25, -0.2) is 0 Å². The van der Waals surface area contributed by atoms with Gasteiger partial charge in [0.05, 0.1) is 35.5 Å². The molecular formula is C17H17BrN2O3. The Morgan fingerprint density at radius 1 is 1.43 bits per heavy atom. The fourth-order valence-electron chi connectivity index (χ4n) is 2.68. The molecule has 0 aliphatic heterocycles. The number of hydrogen-bond donors (Lipinski definition) is 1. The van der Waals surface area contributed by atoms with E-state index >= 15 is 0 Å². The number of halogens is 1. The third-order valence-corrected chi connectivity index (χ3v) is 4.62. The third-order valence-electron chi connectivity index (χ3n) is 4.00. The largest absolute Gasteiger partial charge is 0.496 e. The lowest BCUT2D eigenvalue weighted by Crippen LogP contribution is -2.23. The first-order valence-corrected chi connectivity index (χ1v) is 7.95. The molecule has 3 rings (SSSR count). The molecule has 2 heterocycles. The summed E-state index contributed by atoms with van der Waals surface area (Å²) in [6, 6.07) is 7.47. The Kier molecular flexibility index (Phi) is 4.17. The van der Waals surface area contributed by atoms with Crippen LogP contribution in [0.3, 0.4) is 0 Å². The first-order valence-electron chi connectivity index (χ1n) is 7.16. The van der Waals surface area contributed by atoms with E-state index in [1.807, 2.05) is 36.7 Å². The van der Waals surface area contributed by atoms with Gasteiger partial charge < -0.3 is 19.0 Å². The first-order chi connectivity index (χ1) is 11.0. The number of aryl methyl sites for hydroxylation is 1. The number of carbonyl (C=O) groups is 1. The van der Waals surface area contributed by atoms with Gasteiger partial charge in [0.25, 0.3) is 5.91 Å². The molecule has 1 aromatic carbocycles. The normalized spacial score (nSPS) is 11.0. The molecule has 0 saturated carbocycles. The van der Waals surface area contributed by atoms with Crippen molar-refractivity contribution in [3.05, 3.63) is 52.0 Å². The van der Waals surface area contributed by atoms with Crippen LogP contribution in [-0.4, -0.2) is 17.6 Å². The lowest BCUT2D eigenvalue weighted by Gasteiger charge is -2.06. The second kappa shape index (κ2) is 6.12. The Morgan fingerprint density at radius 3 is 2.87 bits per heavy atom. The van der Waals surface area contributed by atoms with E-state index in [1.54, 1.807) is 19.4 Å². The average molecular weight is 377 g/mol. The number of methoxy groups -OCH3 is 1. The summed E-state index contributed by atoms with van der Waals surface area (Å²) in [7, 11) is 3.55. The maximum Gasteiger partial charge on any atom is 0.254 e. The van der Waals surface area contributed by atoms with Crippen molar-refractivity contribution in [3.63, 3.8) is 0 Å². The van der Waals surface area contributed by atoms with Crippen LogP contribution in [0.15, 0.2) is 39.4 Å². The van der Waals surface area contributed by atoms with Gasteiger partial charge in [0.1, 0.15) is 11.5 Å². The van der Waals surface area contributed by atoms with E-state index in [-0.39, 0.29) is 5.91 Å². The molecule has 1 N–H and O–H groups in total. The Balaban J connectivity index is 2.02. The molecule has 0 bridgehead atoms. The summed E-state index contributed by atoms with van der Waals surface area (Å²) in [5, 5.41) is 3.76. The van der Waals surface area contributed by atoms with E-state index in [0.29, 0.717) is 17.9 Å². The van der Waals surface area contributed by atoms with Crippen LogP contribution in [0.2, 0.25) is 0 Å². The highest BCUT2D eigenvalue weighted by Gasteiger charge is 2.20. The summed E-state index contributed by atoms with van der Waals surface area (Å²) < 4.78 is 13.5. The maximum atomic E-state index is 12.7. The van der Waals surface area contributed by atoms with Crippen molar-refractivity contribution in [1.29, 1.82) is 0 Å². The monoisotopic (exact) mass is 376 g/mol. The smallest absolute Gasteiger partial charge is 0.254 e. The van der Waals surface area contributed by atoms with Crippen molar-refractivity contribution in [1.82, 2.24) is 9.88 Å². The van der Waals surface area contributed by atoms with Gasteiger partial charge in [0, 0.05) is 18.1 Å². The Labute approximate surface area is 142 Å². The highest BCUT2D eigenvalue weighted by Crippen LogP contribution is 2.34. The zero-order valence-electron chi connectivity index (χ0n) is 13.1. The van der Waals surface area contributed by atoms with Gasteiger partial charge in [-0.15, -0.1) is 0 Å². The van der Waals surface area contributed by atoms with Crippen LogP contribution < -0.4 is 10.1 Å². The Hall–Kier alpha value is -2.21. The highest BCUT2D eigenvalue weighted by molar-refractivity contribution is 9.10. The molecule has 0 aliphatic carbocycles. The van der Waals surface area contributed by atoms with Crippen molar-refractivity contribution in [2.45, 2.75) is 13.5 Å². The number of hydrogen-bond acceptors (Lipinski definition) is 3. The van der Waals surface area contributed by atoms with Gasteiger partial charge in [-0.2, -0.15) is 0 Å². The number of ether oxygens (including phenoxy) is 1. The molecule has 3 aromatic rings. The second-order valence-corrected chi connectivity index (χ2v) is 6.14. The minimum absolute atomic E-state index is 0.131. The molecule has 120 valence electrons. The molecule has 0 unspecified atom stereocenters. The van der Waals surface area contributed by atoms with Crippen LogP contribution >= 0.6 is 15.9 Å². The molecule has 0 saturated heterocycles. The standard InChI is InChI=1S/C17H17BrN2O3/c1-10-16(17(21)19-9-11-5-4-6-23-11)12-7-15(22-3)13(18)8-14(12)20(10)2/h4-8H,9H2,1-3H3,(H,19,21). The molecule has 0 fully saturated rings. The van der Waals surface area contributed by atoms with E-state index in [4.69, 9.17) is 9.15 Å². The number of fused-ring (bicyclic) bond motifs is 1. The van der Waals surface area contributed by atoms with Gasteiger partial charge in [-0.1, -0.05) is 0 Å². The number of aromatic nitrogens is 1. The summed E-state index contributed by atoms with van der Waals surface area (Å²) in [6.45, 7) is 2.29. The van der Waals surface area contributed by atoms with Gasteiger partial charge in [0.15, 0.2) is 0 Å². The number of amides is 1. The molecule has 0 radical (unpaired) electrons. The van der Waals surface area contributed by atoms with E-state index in [9.17, 15) is 4.79 Å². The second-order valence-electron chi connectivity index (χ2n) is 5.29. The Bertz CT molecular complexity index is 866. The van der Waals surface area contributed by atoms with E-state index < -0.39 is 0 Å². The minimum atomic E-state index is -0.131. The van der Waals surface area contributed by atoms with E-state index in [2.05, 4.69) is 21.2 Å². The van der Waals surface area contributed by atoms with Crippen LogP contribution in [0, 0.1) is 6.92 Å². The van der Waals surface area contributed by atoms with Gasteiger partial charge >= 0.3 is 0 Å². The summed E-state index contributed by atoms with van der Waals surface area (Å²) in [5.41, 5.74) is 2.52. The predicted molar refractivity (Wildman–Crippen MR) is 91.8 cm³/mol. The van der Waals surface area contributed by atoms with Crippen molar-refractivity contribution in [2.75, 3.05) is 7.11 Å². The number of benzene rings is 1. The van der Waals surface area contributed by atoms with Crippen LogP contribution in [0.5, 0.6) is 5.75 Å². The fourth-order valence-corrected chi connectivity index (χ4v) is 3.17. The van der Waals surface area contributed by atoms with E-state index in [1.165, 1.54) is 0 Å². The van der Waals surface area contributed by atoms with Crippen molar-refractivity contribution >= 4 is 32.7 Å².